The summed E-state index contributed by atoms with van der Waals surface area (Å²) in [5.41, 5.74) is 3.36. The van der Waals surface area contributed by atoms with E-state index in [2.05, 4.69) is 5.32 Å². The molecule has 1 N–H and O–H groups in total. The zero-order chi connectivity index (χ0) is 31.9. The summed E-state index contributed by atoms with van der Waals surface area (Å²) in [7, 11) is -3.61. The van der Waals surface area contributed by atoms with Crippen molar-refractivity contribution < 1.29 is 18.0 Å². The highest BCUT2D eigenvalue weighted by Gasteiger charge is 2.32. The summed E-state index contributed by atoms with van der Waals surface area (Å²) < 4.78 is 26.9. The second-order valence-electron chi connectivity index (χ2n) is 11.9. The second kappa shape index (κ2) is 14.6. The number of anilines is 1. The Morgan fingerprint density at radius 3 is 2.23 bits per heavy atom. The Bertz CT molecular complexity index is 1540. The molecule has 0 bridgehead atoms. The van der Waals surface area contributed by atoms with Gasteiger partial charge in [0.1, 0.15) is 6.04 Å². The lowest BCUT2D eigenvalue weighted by Gasteiger charge is -2.34. The van der Waals surface area contributed by atoms with Crippen molar-refractivity contribution in [3.05, 3.63) is 99.0 Å². The normalized spacial score (nSPS) is 12.5. The number of amides is 2. The summed E-state index contributed by atoms with van der Waals surface area (Å²) in [6, 6.07) is 19.4. The fraction of sp³-hybridized carbons (Fsp3) is 0.394. The summed E-state index contributed by atoms with van der Waals surface area (Å²) in [6.07, 6.45) is 1.73. The van der Waals surface area contributed by atoms with E-state index in [0.29, 0.717) is 21.3 Å². The van der Waals surface area contributed by atoms with Gasteiger partial charge in [0, 0.05) is 41.5 Å². The molecule has 3 aromatic carbocycles. The SMILES string of the molecule is Cc1ccc(C)c(N(CCCC(=O)N(Cc2ccc(Cl)cc2Cl)[C@@H](Cc2ccccc2)C(=O)NC(C)(C)C)S(C)(=O)=O)c1. The largest absolute Gasteiger partial charge is 0.350 e. The molecule has 0 aliphatic carbocycles. The molecule has 3 rings (SSSR count). The molecule has 2 amide bonds. The van der Waals surface area contributed by atoms with E-state index in [1.807, 2.05) is 83.1 Å². The quantitative estimate of drug-likeness (QED) is 0.237. The predicted molar refractivity (Wildman–Crippen MR) is 176 cm³/mol. The Balaban J connectivity index is 1.95. The number of benzene rings is 3. The smallest absolute Gasteiger partial charge is 0.243 e. The number of hydrogen-bond acceptors (Lipinski definition) is 4. The average molecular weight is 647 g/mol. The third kappa shape index (κ3) is 10.3. The fourth-order valence-corrected chi connectivity index (χ4v) is 6.29. The molecule has 0 aliphatic rings. The Hall–Kier alpha value is -3.07. The molecular weight excluding hydrogens is 605 g/mol. The van der Waals surface area contributed by atoms with Gasteiger partial charge in [-0.3, -0.25) is 13.9 Å². The van der Waals surface area contributed by atoms with Crippen LogP contribution < -0.4 is 9.62 Å². The van der Waals surface area contributed by atoms with Crippen molar-refractivity contribution in [1.82, 2.24) is 10.2 Å². The third-order valence-electron chi connectivity index (χ3n) is 6.91. The molecule has 10 heteroatoms. The van der Waals surface area contributed by atoms with E-state index in [-0.39, 0.29) is 44.2 Å². The van der Waals surface area contributed by atoms with Crippen LogP contribution in [0.15, 0.2) is 66.7 Å². The number of sulfonamides is 1. The van der Waals surface area contributed by atoms with Crippen LogP contribution in [0.5, 0.6) is 0 Å². The van der Waals surface area contributed by atoms with Crippen LogP contribution in [0.1, 0.15) is 55.9 Å². The van der Waals surface area contributed by atoms with Crippen LogP contribution >= 0.6 is 23.2 Å². The maximum Gasteiger partial charge on any atom is 0.243 e. The highest BCUT2D eigenvalue weighted by atomic mass is 35.5. The number of aryl methyl sites for hydroxylation is 2. The molecule has 0 aromatic heterocycles. The topological polar surface area (TPSA) is 86.8 Å². The first kappa shape index (κ1) is 34.4. The van der Waals surface area contributed by atoms with Crippen LogP contribution in [-0.4, -0.2) is 49.5 Å². The summed E-state index contributed by atoms with van der Waals surface area (Å²) in [5, 5.41) is 3.89. The van der Waals surface area contributed by atoms with Gasteiger partial charge in [-0.25, -0.2) is 8.42 Å². The minimum absolute atomic E-state index is 0.0240. The lowest BCUT2D eigenvalue weighted by atomic mass is 10.00. The molecule has 0 heterocycles. The van der Waals surface area contributed by atoms with Gasteiger partial charge in [-0.15, -0.1) is 0 Å². The molecule has 0 aliphatic heterocycles. The number of rotatable bonds is 12. The number of nitrogens with one attached hydrogen (secondary N) is 1. The molecule has 0 saturated heterocycles. The zero-order valence-electron chi connectivity index (χ0n) is 25.7. The maximum absolute atomic E-state index is 14.0. The van der Waals surface area contributed by atoms with Crippen LogP contribution in [0.3, 0.4) is 0 Å². The van der Waals surface area contributed by atoms with Crippen molar-refractivity contribution >= 4 is 50.7 Å². The van der Waals surface area contributed by atoms with Gasteiger partial charge < -0.3 is 10.2 Å². The number of carbonyl (C=O) groups excluding carboxylic acids is 2. The molecule has 0 radical (unpaired) electrons. The maximum atomic E-state index is 14.0. The first-order valence-corrected chi connectivity index (χ1v) is 16.8. The van der Waals surface area contributed by atoms with Crippen molar-refractivity contribution in [1.29, 1.82) is 0 Å². The minimum atomic E-state index is -3.61. The molecule has 0 fully saturated rings. The Morgan fingerprint density at radius 2 is 1.63 bits per heavy atom. The van der Waals surface area contributed by atoms with Crippen molar-refractivity contribution in [3.8, 4) is 0 Å². The molecule has 1 atom stereocenters. The minimum Gasteiger partial charge on any atom is -0.350 e. The molecule has 0 unspecified atom stereocenters. The molecule has 0 spiro atoms. The van der Waals surface area contributed by atoms with Crippen molar-refractivity contribution in [3.63, 3.8) is 0 Å². The van der Waals surface area contributed by atoms with E-state index in [4.69, 9.17) is 23.2 Å². The summed E-state index contributed by atoms with van der Waals surface area (Å²) in [5.74, 6) is -0.576. The van der Waals surface area contributed by atoms with E-state index in [0.717, 1.165) is 22.9 Å². The van der Waals surface area contributed by atoms with E-state index in [1.165, 1.54) is 4.31 Å². The Kier molecular flexibility index (Phi) is 11.7. The second-order valence-corrected chi connectivity index (χ2v) is 14.7. The number of halogens is 2. The van der Waals surface area contributed by atoms with Gasteiger partial charge in [0.15, 0.2) is 0 Å². The Labute approximate surface area is 266 Å². The first-order chi connectivity index (χ1) is 20.0. The van der Waals surface area contributed by atoms with Gasteiger partial charge in [0.2, 0.25) is 21.8 Å². The fourth-order valence-electron chi connectivity index (χ4n) is 4.81. The molecule has 3 aromatic rings. The van der Waals surface area contributed by atoms with Gasteiger partial charge in [-0.1, -0.05) is 71.7 Å². The van der Waals surface area contributed by atoms with Crippen molar-refractivity contribution in [2.45, 2.75) is 72.0 Å². The van der Waals surface area contributed by atoms with E-state index in [9.17, 15) is 18.0 Å². The summed E-state index contributed by atoms with van der Waals surface area (Å²) in [6.45, 7) is 9.62. The highest BCUT2D eigenvalue weighted by Crippen LogP contribution is 2.27. The number of hydrogen-bond donors (Lipinski definition) is 1. The number of carbonyl (C=O) groups is 2. The van der Waals surface area contributed by atoms with E-state index in [1.54, 1.807) is 23.1 Å². The van der Waals surface area contributed by atoms with Crippen LogP contribution in [0.4, 0.5) is 5.69 Å². The summed E-state index contributed by atoms with van der Waals surface area (Å²) in [4.78, 5) is 29.3. The van der Waals surface area contributed by atoms with Gasteiger partial charge >= 0.3 is 0 Å². The van der Waals surface area contributed by atoms with Gasteiger partial charge in [0.05, 0.1) is 11.9 Å². The van der Waals surface area contributed by atoms with E-state index >= 15 is 0 Å². The lowest BCUT2D eigenvalue weighted by Crippen LogP contribution is -2.54. The predicted octanol–water partition coefficient (Wildman–Crippen LogP) is 6.71. The summed E-state index contributed by atoms with van der Waals surface area (Å²) >= 11 is 12.7. The first-order valence-electron chi connectivity index (χ1n) is 14.2. The van der Waals surface area contributed by atoms with Gasteiger partial charge in [-0.05, 0) is 81.5 Å². The monoisotopic (exact) mass is 645 g/mol. The van der Waals surface area contributed by atoms with Crippen LogP contribution in [-0.2, 0) is 32.6 Å². The van der Waals surface area contributed by atoms with Crippen molar-refractivity contribution in [2.75, 3.05) is 17.1 Å². The molecule has 43 heavy (non-hydrogen) atoms. The van der Waals surface area contributed by atoms with Crippen molar-refractivity contribution in [2.24, 2.45) is 0 Å². The number of nitrogens with zero attached hydrogens (tertiary/aromatic N) is 2. The zero-order valence-corrected chi connectivity index (χ0v) is 28.0. The van der Waals surface area contributed by atoms with E-state index < -0.39 is 21.6 Å². The Morgan fingerprint density at radius 1 is 0.953 bits per heavy atom. The van der Waals surface area contributed by atoms with Crippen LogP contribution in [0.25, 0.3) is 0 Å². The average Bonchev–Trinajstić information content (AvgIpc) is 2.90. The molecule has 232 valence electrons. The molecule has 0 saturated carbocycles. The van der Waals surface area contributed by atoms with Crippen LogP contribution in [0.2, 0.25) is 10.0 Å². The highest BCUT2D eigenvalue weighted by molar-refractivity contribution is 7.92. The molecular formula is C33H41Cl2N3O4S. The molecule has 7 nitrogen and oxygen atoms in total. The van der Waals surface area contributed by atoms with Gasteiger partial charge in [0.25, 0.3) is 0 Å². The van der Waals surface area contributed by atoms with Crippen LogP contribution in [0, 0.1) is 13.8 Å². The standard InChI is InChI=1S/C33H41Cl2N3O4S/c1-23-14-15-24(2)29(19-23)38(43(6,41)42)18-10-13-31(39)37(22-26-16-17-27(34)21-28(26)35)30(32(40)36-33(3,4)5)20-25-11-8-7-9-12-25/h7-9,11-12,14-17,19,21,30H,10,13,18,20,22H2,1-6H3,(H,36,40)/t30-/m0/s1. The lowest BCUT2D eigenvalue weighted by molar-refractivity contribution is -0.142. The third-order valence-corrected chi connectivity index (χ3v) is 8.68. The van der Waals surface area contributed by atoms with Gasteiger partial charge in [-0.2, -0.15) is 0 Å².